The molecule has 0 aliphatic rings. The molecule has 0 amide bonds. The summed E-state index contributed by atoms with van der Waals surface area (Å²) in [4.78, 5) is 11.6. The monoisotopic (exact) mass is 272 g/mol. The second kappa shape index (κ2) is 5.87. The summed E-state index contributed by atoms with van der Waals surface area (Å²) in [6.07, 6.45) is 1.42. The average Bonchev–Trinajstić information content (AvgIpc) is 2.48. The van der Waals surface area contributed by atoms with Crippen molar-refractivity contribution >= 4 is 6.29 Å². The Morgan fingerprint density at radius 3 is 2.40 bits per heavy atom. The normalized spacial score (nSPS) is 13.6. The maximum Gasteiger partial charge on any atom is 0.130 e. The van der Waals surface area contributed by atoms with Gasteiger partial charge < -0.3 is 9.53 Å². The molecule has 2 rings (SSSR count). The number of carbonyl (C=O) groups excluding carboxylic acids is 1. The first-order chi connectivity index (χ1) is 9.59. The molecular formula is C17H17FO2. The third kappa shape index (κ3) is 2.87. The number of halogens is 1. The highest BCUT2D eigenvalue weighted by Gasteiger charge is 2.27. The van der Waals surface area contributed by atoms with Crippen molar-refractivity contribution in [1.29, 1.82) is 0 Å². The van der Waals surface area contributed by atoms with Crippen molar-refractivity contribution in [3.05, 3.63) is 65.5 Å². The number of hydrogen-bond acceptors (Lipinski definition) is 2. The predicted molar refractivity (Wildman–Crippen MR) is 76.5 cm³/mol. The summed E-state index contributed by atoms with van der Waals surface area (Å²) < 4.78 is 18.3. The summed E-state index contributed by atoms with van der Waals surface area (Å²) >= 11 is 0. The van der Waals surface area contributed by atoms with Crippen LogP contribution in [0.5, 0.6) is 5.75 Å². The molecule has 0 bridgehead atoms. The standard InChI is InChI=1S/C17H17FO2/c1-17(12-19,14-7-9-15(18)10-8-14)11-13-5-3-4-6-16(13)20-2/h3-10,12H,11H2,1-2H3. The molecule has 0 N–H and O–H groups in total. The Labute approximate surface area is 118 Å². The van der Waals surface area contributed by atoms with Gasteiger partial charge in [0.2, 0.25) is 0 Å². The SMILES string of the molecule is COc1ccccc1CC(C)(C=O)c1ccc(F)cc1. The van der Waals surface area contributed by atoms with Crippen molar-refractivity contribution in [1.82, 2.24) is 0 Å². The maximum atomic E-state index is 13.0. The van der Waals surface area contributed by atoms with Gasteiger partial charge in [0.25, 0.3) is 0 Å². The van der Waals surface area contributed by atoms with Gasteiger partial charge in [0.1, 0.15) is 17.9 Å². The molecule has 0 radical (unpaired) electrons. The average molecular weight is 272 g/mol. The summed E-state index contributed by atoms with van der Waals surface area (Å²) in [7, 11) is 1.61. The zero-order valence-corrected chi connectivity index (χ0v) is 11.6. The number of methoxy groups -OCH3 is 1. The fraction of sp³-hybridized carbons (Fsp3) is 0.235. The lowest BCUT2D eigenvalue weighted by Crippen LogP contribution is -2.27. The lowest BCUT2D eigenvalue weighted by Gasteiger charge is -2.24. The number of benzene rings is 2. The number of carbonyl (C=O) groups is 1. The molecule has 0 saturated heterocycles. The van der Waals surface area contributed by atoms with E-state index in [2.05, 4.69) is 0 Å². The fourth-order valence-corrected chi connectivity index (χ4v) is 2.29. The molecule has 0 aliphatic heterocycles. The van der Waals surface area contributed by atoms with Gasteiger partial charge >= 0.3 is 0 Å². The Balaban J connectivity index is 2.36. The molecule has 2 nitrogen and oxygen atoms in total. The van der Waals surface area contributed by atoms with Gasteiger partial charge in [-0.3, -0.25) is 0 Å². The van der Waals surface area contributed by atoms with Crippen molar-refractivity contribution in [2.75, 3.05) is 7.11 Å². The van der Waals surface area contributed by atoms with E-state index < -0.39 is 5.41 Å². The van der Waals surface area contributed by atoms with Crippen LogP contribution in [0, 0.1) is 5.82 Å². The topological polar surface area (TPSA) is 26.3 Å². The molecule has 2 aromatic rings. The van der Waals surface area contributed by atoms with E-state index >= 15 is 0 Å². The number of rotatable bonds is 5. The van der Waals surface area contributed by atoms with Gasteiger partial charge in [0.15, 0.2) is 0 Å². The summed E-state index contributed by atoms with van der Waals surface area (Å²) in [5, 5.41) is 0. The van der Waals surface area contributed by atoms with Gasteiger partial charge in [-0.25, -0.2) is 4.39 Å². The number of aldehydes is 1. The zero-order chi connectivity index (χ0) is 14.6. The van der Waals surface area contributed by atoms with Gasteiger partial charge in [0, 0.05) is 0 Å². The van der Waals surface area contributed by atoms with Crippen LogP contribution in [0.15, 0.2) is 48.5 Å². The Morgan fingerprint density at radius 2 is 1.80 bits per heavy atom. The third-order valence-electron chi connectivity index (χ3n) is 3.51. The number of para-hydroxylation sites is 1. The van der Waals surface area contributed by atoms with E-state index in [0.717, 1.165) is 23.2 Å². The Kier molecular flexibility index (Phi) is 4.18. The summed E-state index contributed by atoms with van der Waals surface area (Å²) in [6.45, 7) is 1.85. The molecule has 0 aromatic heterocycles. The van der Waals surface area contributed by atoms with Crippen LogP contribution in [0.2, 0.25) is 0 Å². The molecule has 0 spiro atoms. The summed E-state index contributed by atoms with van der Waals surface area (Å²) in [5.74, 6) is 0.446. The second-order valence-electron chi connectivity index (χ2n) is 5.03. The maximum absolute atomic E-state index is 13.0. The van der Waals surface area contributed by atoms with Gasteiger partial charge in [-0.2, -0.15) is 0 Å². The molecule has 2 aromatic carbocycles. The highest BCUT2D eigenvalue weighted by molar-refractivity contribution is 5.69. The first-order valence-corrected chi connectivity index (χ1v) is 6.43. The minimum Gasteiger partial charge on any atom is -0.496 e. The molecule has 20 heavy (non-hydrogen) atoms. The van der Waals surface area contributed by atoms with E-state index in [-0.39, 0.29) is 5.82 Å². The summed E-state index contributed by atoms with van der Waals surface area (Å²) in [6, 6.07) is 13.7. The molecular weight excluding hydrogens is 255 g/mol. The molecule has 0 saturated carbocycles. The van der Waals surface area contributed by atoms with Crippen LogP contribution in [-0.4, -0.2) is 13.4 Å². The first kappa shape index (κ1) is 14.3. The van der Waals surface area contributed by atoms with E-state index in [1.807, 2.05) is 31.2 Å². The van der Waals surface area contributed by atoms with Gasteiger partial charge in [-0.15, -0.1) is 0 Å². The van der Waals surface area contributed by atoms with E-state index in [9.17, 15) is 9.18 Å². The lowest BCUT2D eigenvalue weighted by molar-refractivity contribution is -0.112. The van der Waals surface area contributed by atoms with Crippen molar-refractivity contribution < 1.29 is 13.9 Å². The molecule has 0 heterocycles. The lowest BCUT2D eigenvalue weighted by atomic mass is 9.78. The van der Waals surface area contributed by atoms with E-state index in [1.54, 1.807) is 19.2 Å². The Hall–Kier alpha value is -2.16. The van der Waals surface area contributed by atoms with E-state index in [0.29, 0.717) is 6.42 Å². The largest absolute Gasteiger partial charge is 0.496 e. The van der Waals surface area contributed by atoms with Crippen LogP contribution in [-0.2, 0) is 16.6 Å². The van der Waals surface area contributed by atoms with Crippen LogP contribution in [0.4, 0.5) is 4.39 Å². The third-order valence-corrected chi connectivity index (χ3v) is 3.51. The Bertz CT molecular complexity index is 592. The molecule has 104 valence electrons. The zero-order valence-electron chi connectivity index (χ0n) is 11.6. The van der Waals surface area contributed by atoms with Gasteiger partial charge in [-0.1, -0.05) is 30.3 Å². The quantitative estimate of drug-likeness (QED) is 0.778. The van der Waals surface area contributed by atoms with Crippen molar-refractivity contribution in [2.45, 2.75) is 18.8 Å². The molecule has 0 aliphatic carbocycles. The first-order valence-electron chi connectivity index (χ1n) is 6.43. The van der Waals surface area contributed by atoms with Crippen molar-refractivity contribution in [3.8, 4) is 5.75 Å². The number of hydrogen-bond donors (Lipinski definition) is 0. The van der Waals surface area contributed by atoms with Crippen LogP contribution in [0.25, 0.3) is 0 Å². The minimum absolute atomic E-state index is 0.306. The molecule has 0 fully saturated rings. The van der Waals surface area contributed by atoms with Crippen LogP contribution in [0.1, 0.15) is 18.1 Å². The molecule has 1 atom stereocenters. The highest BCUT2D eigenvalue weighted by atomic mass is 19.1. The van der Waals surface area contributed by atoms with Crippen LogP contribution < -0.4 is 4.74 Å². The fourth-order valence-electron chi connectivity index (χ4n) is 2.29. The summed E-state index contributed by atoms with van der Waals surface area (Å²) in [5.41, 5.74) is 1.04. The second-order valence-corrected chi connectivity index (χ2v) is 5.03. The molecule has 1 unspecified atom stereocenters. The van der Waals surface area contributed by atoms with Gasteiger partial charge in [-0.05, 0) is 42.7 Å². The van der Waals surface area contributed by atoms with Crippen molar-refractivity contribution in [3.63, 3.8) is 0 Å². The Morgan fingerprint density at radius 1 is 1.15 bits per heavy atom. The van der Waals surface area contributed by atoms with E-state index in [1.165, 1.54) is 12.1 Å². The number of ether oxygens (including phenoxy) is 1. The minimum atomic E-state index is -0.706. The van der Waals surface area contributed by atoms with E-state index in [4.69, 9.17) is 4.74 Å². The van der Waals surface area contributed by atoms with Crippen LogP contribution >= 0.6 is 0 Å². The highest BCUT2D eigenvalue weighted by Crippen LogP contribution is 2.30. The smallest absolute Gasteiger partial charge is 0.130 e. The van der Waals surface area contributed by atoms with Crippen LogP contribution in [0.3, 0.4) is 0 Å². The molecule has 3 heteroatoms. The predicted octanol–water partition coefficient (Wildman–Crippen LogP) is 3.53. The van der Waals surface area contributed by atoms with Gasteiger partial charge in [0.05, 0.1) is 12.5 Å². The van der Waals surface area contributed by atoms with Crippen molar-refractivity contribution in [2.24, 2.45) is 0 Å².